The van der Waals surface area contributed by atoms with E-state index in [4.69, 9.17) is 11.6 Å². The Hall–Kier alpha value is -1.67. The van der Waals surface area contributed by atoms with Crippen molar-refractivity contribution in [3.05, 3.63) is 22.2 Å². The van der Waals surface area contributed by atoms with Gasteiger partial charge in [0.25, 0.3) is 0 Å². The van der Waals surface area contributed by atoms with E-state index in [0.717, 1.165) is 11.3 Å². The second-order valence-electron chi connectivity index (χ2n) is 3.32. The van der Waals surface area contributed by atoms with Crippen LogP contribution < -0.4 is 5.32 Å². The molecule has 0 spiro atoms. The summed E-state index contributed by atoms with van der Waals surface area (Å²) in [5, 5.41) is 7.74. The van der Waals surface area contributed by atoms with E-state index in [1.54, 1.807) is 18.1 Å². The van der Waals surface area contributed by atoms with Gasteiger partial charge in [-0.2, -0.15) is 5.10 Å². The van der Waals surface area contributed by atoms with Crippen LogP contribution in [0.15, 0.2) is 6.33 Å². The number of aryl methyl sites for hydroxylation is 1. The number of methoxy groups -OCH3 is 1. The van der Waals surface area contributed by atoms with Crippen LogP contribution in [0.5, 0.6) is 0 Å². The highest BCUT2D eigenvalue weighted by atomic mass is 35.5. The monoisotopic (exact) mass is 287 g/mol. The quantitative estimate of drug-likeness (QED) is 0.854. The molecule has 0 unspecified atom stereocenters. The lowest BCUT2D eigenvalue weighted by molar-refractivity contribution is 0.0606. The number of ether oxygens (including phenoxy) is 1. The summed E-state index contributed by atoms with van der Waals surface area (Å²) in [5.41, 5.74) is 0. The van der Waals surface area contributed by atoms with E-state index in [1.807, 2.05) is 0 Å². The highest BCUT2D eigenvalue weighted by Gasteiger charge is 2.17. The van der Waals surface area contributed by atoms with Crippen LogP contribution in [0.4, 0.5) is 5.13 Å². The first kappa shape index (κ1) is 12.8. The van der Waals surface area contributed by atoms with Crippen LogP contribution in [0.1, 0.15) is 15.5 Å². The summed E-state index contributed by atoms with van der Waals surface area (Å²) < 4.78 is 6.19. The fraction of sp³-hybridized carbons (Fsp3) is 0.333. The number of anilines is 1. The van der Waals surface area contributed by atoms with Gasteiger partial charge in [0, 0.05) is 7.05 Å². The third-order valence-electron chi connectivity index (χ3n) is 2.00. The van der Waals surface area contributed by atoms with Gasteiger partial charge in [0.1, 0.15) is 6.33 Å². The maximum atomic E-state index is 11.3. The van der Waals surface area contributed by atoms with Crippen LogP contribution >= 0.6 is 22.9 Å². The molecule has 18 heavy (non-hydrogen) atoms. The van der Waals surface area contributed by atoms with Crippen molar-refractivity contribution in [2.45, 2.75) is 6.54 Å². The number of thiazole rings is 1. The second kappa shape index (κ2) is 5.32. The van der Waals surface area contributed by atoms with Crippen LogP contribution in [-0.4, -0.2) is 32.8 Å². The van der Waals surface area contributed by atoms with E-state index in [-0.39, 0.29) is 10.0 Å². The Morgan fingerprint density at radius 2 is 2.44 bits per heavy atom. The average molecular weight is 288 g/mol. The second-order valence-corrected chi connectivity index (χ2v) is 4.68. The molecule has 0 amide bonds. The van der Waals surface area contributed by atoms with E-state index < -0.39 is 5.97 Å². The van der Waals surface area contributed by atoms with Gasteiger partial charge in [0.15, 0.2) is 21.0 Å². The van der Waals surface area contributed by atoms with Crippen LogP contribution in [0.2, 0.25) is 5.15 Å². The Kier molecular flexibility index (Phi) is 3.78. The summed E-state index contributed by atoms with van der Waals surface area (Å²) in [6, 6.07) is 0. The SMILES string of the molecule is COC(=O)c1sc(NCc2ncn(C)n2)nc1Cl. The Morgan fingerprint density at radius 1 is 1.67 bits per heavy atom. The van der Waals surface area contributed by atoms with Crippen LogP contribution in [0.25, 0.3) is 0 Å². The van der Waals surface area contributed by atoms with Crippen LogP contribution in [-0.2, 0) is 18.3 Å². The molecule has 9 heteroatoms. The minimum Gasteiger partial charge on any atom is -0.465 e. The van der Waals surface area contributed by atoms with Gasteiger partial charge in [-0.3, -0.25) is 4.68 Å². The molecule has 0 aliphatic carbocycles. The van der Waals surface area contributed by atoms with Gasteiger partial charge >= 0.3 is 5.97 Å². The van der Waals surface area contributed by atoms with E-state index in [9.17, 15) is 4.79 Å². The number of hydrogen-bond donors (Lipinski definition) is 1. The summed E-state index contributed by atoms with van der Waals surface area (Å²) in [7, 11) is 3.08. The third kappa shape index (κ3) is 2.77. The van der Waals surface area contributed by atoms with Crippen molar-refractivity contribution in [3.8, 4) is 0 Å². The number of esters is 1. The molecule has 0 fully saturated rings. The van der Waals surface area contributed by atoms with Gasteiger partial charge < -0.3 is 10.1 Å². The average Bonchev–Trinajstić information content (AvgIpc) is 2.92. The minimum absolute atomic E-state index is 0.128. The predicted octanol–water partition coefficient (Wildman–Crippen LogP) is 1.32. The molecule has 96 valence electrons. The fourth-order valence-electron chi connectivity index (χ4n) is 1.22. The minimum atomic E-state index is -0.499. The lowest BCUT2D eigenvalue weighted by atomic mass is 10.6. The topological polar surface area (TPSA) is 81.9 Å². The number of nitrogens with zero attached hydrogens (tertiary/aromatic N) is 4. The standard InChI is InChI=1S/C9H10ClN5O2S/c1-15-4-12-5(14-15)3-11-9-13-7(10)6(18-9)8(16)17-2/h4H,3H2,1-2H3,(H,11,13). The van der Waals surface area contributed by atoms with Crippen molar-refractivity contribution in [1.82, 2.24) is 19.7 Å². The molecule has 0 aliphatic heterocycles. The van der Waals surface area contributed by atoms with Gasteiger partial charge in [-0.05, 0) is 0 Å². The van der Waals surface area contributed by atoms with E-state index in [2.05, 4.69) is 25.1 Å². The zero-order valence-corrected chi connectivity index (χ0v) is 11.2. The Balaban J connectivity index is 2.04. The van der Waals surface area contributed by atoms with Crippen molar-refractivity contribution in [1.29, 1.82) is 0 Å². The third-order valence-corrected chi connectivity index (χ3v) is 3.38. The Bertz CT molecular complexity index is 567. The number of halogens is 1. The largest absolute Gasteiger partial charge is 0.465 e. The van der Waals surface area contributed by atoms with Crippen molar-refractivity contribution in [2.24, 2.45) is 7.05 Å². The molecule has 0 atom stereocenters. The molecule has 7 nitrogen and oxygen atoms in total. The van der Waals surface area contributed by atoms with Gasteiger partial charge in [0.05, 0.1) is 13.7 Å². The Labute approximate surface area is 112 Å². The van der Waals surface area contributed by atoms with Crippen LogP contribution in [0.3, 0.4) is 0 Å². The van der Waals surface area contributed by atoms with Crippen molar-refractivity contribution in [3.63, 3.8) is 0 Å². The van der Waals surface area contributed by atoms with E-state index in [1.165, 1.54) is 7.11 Å². The van der Waals surface area contributed by atoms with Crippen molar-refractivity contribution in [2.75, 3.05) is 12.4 Å². The molecule has 0 saturated carbocycles. The summed E-state index contributed by atoms with van der Waals surface area (Å²) in [6.07, 6.45) is 1.60. The Morgan fingerprint density at radius 3 is 3.06 bits per heavy atom. The number of carbonyl (C=O) groups excluding carboxylic acids is 1. The van der Waals surface area contributed by atoms with Gasteiger partial charge in [0.2, 0.25) is 0 Å². The summed E-state index contributed by atoms with van der Waals surface area (Å²) in [4.78, 5) is 19.7. The van der Waals surface area contributed by atoms with Crippen LogP contribution in [0, 0.1) is 0 Å². The summed E-state index contributed by atoms with van der Waals surface area (Å²) in [5.74, 6) is 0.130. The fourth-order valence-corrected chi connectivity index (χ4v) is 2.31. The maximum Gasteiger partial charge on any atom is 0.351 e. The molecule has 1 N–H and O–H groups in total. The lowest BCUT2D eigenvalue weighted by Crippen LogP contribution is -2.01. The molecule has 0 aromatic carbocycles. The molecule has 0 radical (unpaired) electrons. The first-order valence-electron chi connectivity index (χ1n) is 4.93. The molecule has 0 saturated heterocycles. The number of hydrogen-bond acceptors (Lipinski definition) is 7. The zero-order chi connectivity index (χ0) is 13.1. The maximum absolute atomic E-state index is 11.3. The lowest BCUT2D eigenvalue weighted by Gasteiger charge is -1.96. The molecular formula is C9H10ClN5O2S. The highest BCUT2D eigenvalue weighted by molar-refractivity contribution is 7.18. The molecule has 0 bridgehead atoms. The first-order valence-corrected chi connectivity index (χ1v) is 6.12. The molecular weight excluding hydrogens is 278 g/mol. The number of rotatable bonds is 4. The highest BCUT2D eigenvalue weighted by Crippen LogP contribution is 2.27. The normalized spacial score (nSPS) is 10.4. The van der Waals surface area contributed by atoms with Gasteiger partial charge in [-0.25, -0.2) is 14.8 Å². The number of aromatic nitrogens is 4. The van der Waals surface area contributed by atoms with Crippen molar-refractivity contribution < 1.29 is 9.53 Å². The molecule has 2 heterocycles. The van der Waals surface area contributed by atoms with Gasteiger partial charge in [-0.1, -0.05) is 22.9 Å². The molecule has 2 aromatic rings. The summed E-state index contributed by atoms with van der Waals surface area (Å²) >= 11 is 6.95. The van der Waals surface area contributed by atoms with E-state index in [0.29, 0.717) is 17.5 Å². The number of carbonyl (C=O) groups is 1. The number of nitrogens with one attached hydrogen (secondary N) is 1. The molecule has 2 aromatic heterocycles. The van der Waals surface area contributed by atoms with Gasteiger partial charge in [-0.15, -0.1) is 0 Å². The smallest absolute Gasteiger partial charge is 0.351 e. The van der Waals surface area contributed by atoms with Crippen molar-refractivity contribution >= 4 is 34.0 Å². The molecule has 0 aliphatic rings. The van der Waals surface area contributed by atoms with E-state index >= 15 is 0 Å². The zero-order valence-electron chi connectivity index (χ0n) is 9.68. The molecule has 2 rings (SSSR count). The first-order chi connectivity index (χ1) is 8.60. The predicted molar refractivity (Wildman–Crippen MR) is 66.8 cm³/mol. The summed E-state index contributed by atoms with van der Waals surface area (Å²) in [6.45, 7) is 0.408.